The summed E-state index contributed by atoms with van der Waals surface area (Å²) in [5.41, 5.74) is 3.89. The first kappa shape index (κ1) is 18.6. The van der Waals surface area contributed by atoms with Gasteiger partial charge in [-0.15, -0.1) is 5.10 Å². The lowest BCUT2D eigenvalue weighted by Gasteiger charge is -2.32. The number of aryl methyl sites for hydroxylation is 1. The number of hydrogen-bond acceptors (Lipinski definition) is 4. The lowest BCUT2D eigenvalue weighted by Crippen LogP contribution is -2.39. The van der Waals surface area contributed by atoms with Crippen LogP contribution in [0.2, 0.25) is 0 Å². The van der Waals surface area contributed by atoms with E-state index in [-0.39, 0.29) is 5.91 Å². The van der Waals surface area contributed by atoms with Gasteiger partial charge in [0.25, 0.3) is 0 Å². The molecule has 3 rings (SSSR count). The molecule has 6 heteroatoms. The Morgan fingerprint density at radius 3 is 2.54 bits per heavy atom. The third kappa shape index (κ3) is 4.30. The second-order valence-electron chi connectivity index (χ2n) is 7.26. The minimum absolute atomic E-state index is 0.163. The molecule has 0 bridgehead atoms. The number of nitrogens with zero attached hydrogens (tertiary/aromatic N) is 4. The number of nitrogens with one attached hydrogen (secondary N) is 1. The van der Waals surface area contributed by atoms with Crippen LogP contribution >= 0.6 is 0 Å². The van der Waals surface area contributed by atoms with Gasteiger partial charge in [0.2, 0.25) is 5.91 Å². The van der Waals surface area contributed by atoms with Crippen LogP contribution in [0.25, 0.3) is 5.69 Å². The average molecular weight is 355 g/mol. The maximum atomic E-state index is 12.7. The van der Waals surface area contributed by atoms with Crippen LogP contribution in [0.3, 0.4) is 0 Å². The first-order valence-corrected chi connectivity index (χ1v) is 9.49. The number of piperidine rings is 1. The monoisotopic (exact) mass is 355 g/mol. The molecule has 0 aliphatic carbocycles. The van der Waals surface area contributed by atoms with Crippen molar-refractivity contribution in [2.75, 3.05) is 26.7 Å². The van der Waals surface area contributed by atoms with Crippen molar-refractivity contribution < 1.29 is 4.79 Å². The van der Waals surface area contributed by atoms with E-state index in [0.717, 1.165) is 55.5 Å². The van der Waals surface area contributed by atoms with Gasteiger partial charge in [-0.3, -0.25) is 4.79 Å². The number of benzene rings is 1. The molecule has 1 amide bonds. The van der Waals surface area contributed by atoms with Gasteiger partial charge in [0.15, 0.2) is 0 Å². The molecule has 1 aliphatic rings. The molecule has 140 valence electrons. The summed E-state index contributed by atoms with van der Waals surface area (Å²) in [5, 5.41) is 11.7. The van der Waals surface area contributed by atoms with Crippen LogP contribution in [0.5, 0.6) is 0 Å². The van der Waals surface area contributed by atoms with Gasteiger partial charge in [0.05, 0.1) is 23.5 Å². The van der Waals surface area contributed by atoms with Crippen molar-refractivity contribution in [2.45, 2.75) is 39.5 Å². The molecule has 0 unspecified atom stereocenters. The average Bonchev–Trinajstić information content (AvgIpc) is 3.01. The molecule has 2 aromatic rings. The topological polar surface area (TPSA) is 63.1 Å². The predicted molar refractivity (Wildman–Crippen MR) is 102 cm³/mol. The first-order chi connectivity index (χ1) is 12.6. The van der Waals surface area contributed by atoms with Crippen LogP contribution in [0.4, 0.5) is 0 Å². The molecule has 2 heterocycles. The predicted octanol–water partition coefficient (Wildman–Crippen LogP) is 2.27. The number of carbonyl (C=O) groups excluding carboxylic acids is 1. The van der Waals surface area contributed by atoms with Crippen LogP contribution in [-0.2, 0) is 11.2 Å². The zero-order valence-electron chi connectivity index (χ0n) is 16.0. The van der Waals surface area contributed by atoms with E-state index in [1.165, 1.54) is 12.0 Å². The van der Waals surface area contributed by atoms with E-state index in [2.05, 4.69) is 34.7 Å². The highest BCUT2D eigenvalue weighted by Gasteiger charge is 2.24. The SMILES string of the molecule is CNCCC1CCN(C(=O)Cc2nnn(-c3ccc(C)cc3)c2C)CC1. The van der Waals surface area contributed by atoms with E-state index in [1.807, 2.05) is 35.7 Å². The van der Waals surface area contributed by atoms with E-state index < -0.39 is 0 Å². The number of carbonyl (C=O) groups is 1. The second-order valence-corrected chi connectivity index (χ2v) is 7.26. The van der Waals surface area contributed by atoms with Crippen LogP contribution in [0.1, 0.15) is 36.2 Å². The minimum atomic E-state index is 0.163. The molecule has 1 aromatic carbocycles. The Hall–Kier alpha value is -2.21. The molecule has 0 saturated carbocycles. The molecular formula is C20H29N5O. The number of rotatable bonds is 6. The van der Waals surface area contributed by atoms with E-state index in [4.69, 9.17) is 0 Å². The fourth-order valence-corrected chi connectivity index (χ4v) is 3.53. The van der Waals surface area contributed by atoms with E-state index in [1.54, 1.807) is 0 Å². The van der Waals surface area contributed by atoms with Crippen molar-refractivity contribution in [3.05, 3.63) is 41.2 Å². The molecule has 1 aromatic heterocycles. The van der Waals surface area contributed by atoms with Crippen molar-refractivity contribution >= 4 is 5.91 Å². The number of hydrogen-bond donors (Lipinski definition) is 1. The molecule has 1 fully saturated rings. The fourth-order valence-electron chi connectivity index (χ4n) is 3.53. The summed E-state index contributed by atoms with van der Waals surface area (Å²) in [6.45, 7) is 6.81. The third-order valence-corrected chi connectivity index (χ3v) is 5.36. The minimum Gasteiger partial charge on any atom is -0.342 e. The van der Waals surface area contributed by atoms with Gasteiger partial charge in [0.1, 0.15) is 0 Å². The Kier molecular flexibility index (Phi) is 6.04. The highest BCUT2D eigenvalue weighted by atomic mass is 16.2. The first-order valence-electron chi connectivity index (χ1n) is 9.49. The Balaban J connectivity index is 1.59. The van der Waals surface area contributed by atoms with Gasteiger partial charge in [-0.05, 0) is 64.8 Å². The molecule has 6 nitrogen and oxygen atoms in total. The third-order valence-electron chi connectivity index (χ3n) is 5.36. The Labute approximate surface area is 155 Å². The molecule has 0 atom stereocenters. The highest BCUT2D eigenvalue weighted by Crippen LogP contribution is 2.21. The molecule has 1 N–H and O–H groups in total. The smallest absolute Gasteiger partial charge is 0.228 e. The van der Waals surface area contributed by atoms with Crippen LogP contribution in [0.15, 0.2) is 24.3 Å². The van der Waals surface area contributed by atoms with E-state index >= 15 is 0 Å². The summed E-state index contributed by atoms with van der Waals surface area (Å²) in [5.74, 6) is 0.895. The maximum absolute atomic E-state index is 12.7. The van der Waals surface area contributed by atoms with Crippen molar-refractivity contribution in [3.63, 3.8) is 0 Å². The summed E-state index contributed by atoms with van der Waals surface area (Å²) in [6.07, 6.45) is 3.73. The fraction of sp³-hybridized carbons (Fsp3) is 0.550. The maximum Gasteiger partial charge on any atom is 0.228 e. The summed E-state index contributed by atoms with van der Waals surface area (Å²) in [4.78, 5) is 14.7. The summed E-state index contributed by atoms with van der Waals surface area (Å²) in [6, 6.07) is 8.16. The second kappa shape index (κ2) is 8.45. The molecule has 0 radical (unpaired) electrons. The molecule has 1 saturated heterocycles. The van der Waals surface area contributed by atoms with Crippen molar-refractivity contribution in [1.82, 2.24) is 25.2 Å². The molecule has 1 aliphatic heterocycles. The van der Waals surface area contributed by atoms with Crippen molar-refractivity contribution in [2.24, 2.45) is 5.92 Å². The van der Waals surface area contributed by atoms with Crippen LogP contribution < -0.4 is 5.32 Å². The van der Waals surface area contributed by atoms with Gasteiger partial charge in [-0.2, -0.15) is 0 Å². The number of amides is 1. The van der Waals surface area contributed by atoms with Crippen molar-refractivity contribution in [3.8, 4) is 5.69 Å². The highest BCUT2D eigenvalue weighted by molar-refractivity contribution is 5.78. The lowest BCUT2D eigenvalue weighted by atomic mass is 9.93. The molecular weight excluding hydrogens is 326 g/mol. The lowest BCUT2D eigenvalue weighted by molar-refractivity contribution is -0.131. The number of aromatic nitrogens is 3. The summed E-state index contributed by atoms with van der Waals surface area (Å²) >= 11 is 0. The zero-order valence-corrected chi connectivity index (χ0v) is 16.0. The quantitative estimate of drug-likeness (QED) is 0.863. The molecule has 26 heavy (non-hydrogen) atoms. The largest absolute Gasteiger partial charge is 0.342 e. The van der Waals surface area contributed by atoms with E-state index in [0.29, 0.717) is 6.42 Å². The molecule has 0 spiro atoms. The van der Waals surface area contributed by atoms with E-state index in [9.17, 15) is 4.79 Å². The van der Waals surface area contributed by atoms with Gasteiger partial charge in [-0.1, -0.05) is 22.9 Å². The summed E-state index contributed by atoms with van der Waals surface area (Å²) in [7, 11) is 1.99. The van der Waals surface area contributed by atoms with Gasteiger partial charge < -0.3 is 10.2 Å². The van der Waals surface area contributed by atoms with Crippen molar-refractivity contribution in [1.29, 1.82) is 0 Å². The number of likely N-dealkylation sites (tertiary alicyclic amines) is 1. The van der Waals surface area contributed by atoms with Gasteiger partial charge >= 0.3 is 0 Å². The normalized spacial score (nSPS) is 15.4. The Morgan fingerprint density at radius 1 is 1.19 bits per heavy atom. The Bertz CT molecular complexity index is 729. The van der Waals surface area contributed by atoms with Crippen LogP contribution in [0, 0.1) is 19.8 Å². The zero-order chi connectivity index (χ0) is 18.5. The Morgan fingerprint density at radius 2 is 1.88 bits per heavy atom. The van der Waals surface area contributed by atoms with Gasteiger partial charge in [0, 0.05) is 13.1 Å². The standard InChI is InChI=1S/C20H29N5O/c1-15-4-6-18(7-5-15)25-16(2)19(22-23-25)14-20(26)24-12-9-17(10-13-24)8-11-21-3/h4-7,17,21H,8-14H2,1-3H3. The van der Waals surface area contributed by atoms with Gasteiger partial charge in [-0.25, -0.2) is 4.68 Å². The summed E-state index contributed by atoms with van der Waals surface area (Å²) < 4.78 is 1.81. The van der Waals surface area contributed by atoms with Crippen LogP contribution in [-0.4, -0.2) is 52.5 Å².